The van der Waals surface area contributed by atoms with Gasteiger partial charge in [-0.3, -0.25) is 0 Å². The maximum atomic E-state index is 8.95. The quantitative estimate of drug-likeness (QED) is 0.852. The van der Waals surface area contributed by atoms with Crippen LogP contribution < -0.4 is 10.1 Å². The maximum absolute atomic E-state index is 8.95. The second-order valence-corrected chi connectivity index (χ2v) is 4.94. The highest BCUT2D eigenvalue weighted by Crippen LogP contribution is 2.22. The summed E-state index contributed by atoms with van der Waals surface area (Å²) in [6, 6.07) is 7.70. The van der Waals surface area contributed by atoms with Crippen LogP contribution in [0, 0.1) is 11.3 Å². The number of nitriles is 1. The van der Waals surface area contributed by atoms with Gasteiger partial charge in [0.05, 0.1) is 19.3 Å². The second-order valence-electron chi connectivity index (χ2n) is 4.94. The SMILES string of the molecule is COc1cc(CNCC2(OC)CCOC2)ccc1C#N. The van der Waals surface area contributed by atoms with Gasteiger partial charge in [-0.15, -0.1) is 0 Å². The second kappa shape index (κ2) is 6.71. The Morgan fingerprint density at radius 3 is 2.90 bits per heavy atom. The molecular formula is C15H20N2O3. The molecule has 5 heteroatoms. The molecule has 0 radical (unpaired) electrons. The molecule has 0 bridgehead atoms. The predicted octanol–water partition coefficient (Wildman–Crippen LogP) is 1.46. The van der Waals surface area contributed by atoms with Crippen molar-refractivity contribution in [1.29, 1.82) is 5.26 Å². The molecule has 1 atom stereocenters. The van der Waals surface area contributed by atoms with Crippen LogP contribution in [-0.4, -0.2) is 39.6 Å². The molecule has 108 valence electrons. The first-order chi connectivity index (χ1) is 9.73. The molecule has 0 aromatic heterocycles. The molecule has 1 aliphatic rings. The predicted molar refractivity (Wildman–Crippen MR) is 74.6 cm³/mol. The van der Waals surface area contributed by atoms with Gasteiger partial charge in [0.25, 0.3) is 0 Å². The molecule has 1 aliphatic heterocycles. The third kappa shape index (κ3) is 3.28. The molecule has 2 rings (SSSR count). The van der Waals surface area contributed by atoms with Gasteiger partial charge in [-0.25, -0.2) is 0 Å². The summed E-state index contributed by atoms with van der Waals surface area (Å²) in [6.45, 7) is 2.83. The van der Waals surface area contributed by atoms with Crippen molar-refractivity contribution < 1.29 is 14.2 Å². The lowest BCUT2D eigenvalue weighted by Gasteiger charge is -2.26. The van der Waals surface area contributed by atoms with E-state index in [2.05, 4.69) is 11.4 Å². The average Bonchev–Trinajstić information content (AvgIpc) is 2.96. The van der Waals surface area contributed by atoms with Gasteiger partial charge in [-0.05, 0) is 17.7 Å². The topological polar surface area (TPSA) is 63.5 Å². The third-order valence-electron chi connectivity index (χ3n) is 3.66. The number of nitrogens with one attached hydrogen (secondary N) is 1. The minimum atomic E-state index is -0.212. The van der Waals surface area contributed by atoms with Crippen LogP contribution in [0.25, 0.3) is 0 Å². The fraction of sp³-hybridized carbons (Fsp3) is 0.533. The Morgan fingerprint density at radius 2 is 2.30 bits per heavy atom. The van der Waals surface area contributed by atoms with Crippen LogP contribution in [0.15, 0.2) is 18.2 Å². The minimum absolute atomic E-state index is 0.212. The smallest absolute Gasteiger partial charge is 0.136 e. The number of rotatable bonds is 6. The Balaban J connectivity index is 1.93. The summed E-state index contributed by atoms with van der Waals surface area (Å²) in [5, 5.41) is 12.3. The van der Waals surface area contributed by atoms with E-state index < -0.39 is 0 Å². The number of ether oxygens (including phenoxy) is 3. The lowest BCUT2D eigenvalue weighted by atomic mass is 10.0. The van der Waals surface area contributed by atoms with Gasteiger partial charge < -0.3 is 19.5 Å². The molecule has 0 saturated carbocycles. The Hall–Kier alpha value is -1.61. The van der Waals surface area contributed by atoms with Crippen LogP contribution in [0.4, 0.5) is 0 Å². The van der Waals surface area contributed by atoms with E-state index in [4.69, 9.17) is 19.5 Å². The van der Waals surface area contributed by atoms with Gasteiger partial charge in [0.2, 0.25) is 0 Å². The van der Waals surface area contributed by atoms with Gasteiger partial charge >= 0.3 is 0 Å². The summed E-state index contributed by atoms with van der Waals surface area (Å²) < 4.78 is 16.2. The molecule has 0 aliphatic carbocycles. The Morgan fingerprint density at radius 1 is 1.45 bits per heavy atom. The van der Waals surface area contributed by atoms with E-state index >= 15 is 0 Å². The molecule has 5 nitrogen and oxygen atoms in total. The van der Waals surface area contributed by atoms with Crippen LogP contribution in [0.3, 0.4) is 0 Å². The standard InChI is InChI=1S/C15H20N2O3/c1-18-14-7-12(3-4-13(14)8-16)9-17-10-15(19-2)5-6-20-11-15/h3-4,7,17H,5-6,9-11H2,1-2H3. The third-order valence-corrected chi connectivity index (χ3v) is 3.66. The molecule has 1 aromatic rings. The summed E-state index contributed by atoms with van der Waals surface area (Å²) in [6.07, 6.45) is 0.910. The molecule has 1 unspecified atom stereocenters. The van der Waals surface area contributed by atoms with Crippen molar-refractivity contribution in [2.24, 2.45) is 0 Å². The van der Waals surface area contributed by atoms with E-state index in [0.717, 1.165) is 25.1 Å². The normalized spacial score (nSPS) is 21.6. The highest BCUT2D eigenvalue weighted by Gasteiger charge is 2.34. The minimum Gasteiger partial charge on any atom is -0.495 e. The highest BCUT2D eigenvalue weighted by atomic mass is 16.5. The lowest BCUT2D eigenvalue weighted by molar-refractivity contribution is -0.0159. The van der Waals surface area contributed by atoms with Gasteiger partial charge in [0.1, 0.15) is 17.4 Å². The molecule has 0 spiro atoms. The first-order valence-corrected chi connectivity index (χ1v) is 6.64. The summed E-state index contributed by atoms with van der Waals surface area (Å²) in [4.78, 5) is 0. The van der Waals surface area contributed by atoms with E-state index in [1.807, 2.05) is 12.1 Å². The van der Waals surface area contributed by atoms with E-state index in [0.29, 0.717) is 24.5 Å². The fourth-order valence-corrected chi connectivity index (χ4v) is 2.33. The number of hydrogen-bond acceptors (Lipinski definition) is 5. The van der Waals surface area contributed by atoms with Crippen LogP contribution in [0.2, 0.25) is 0 Å². The molecule has 0 amide bonds. The van der Waals surface area contributed by atoms with Crippen molar-refractivity contribution >= 4 is 0 Å². The molecule has 1 saturated heterocycles. The summed E-state index contributed by atoms with van der Waals surface area (Å²) >= 11 is 0. The Bertz CT molecular complexity index is 490. The lowest BCUT2D eigenvalue weighted by Crippen LogP contribution is -2.42. The largest absolute Gasteiger partial charge is 0.495 e. The van der Waals surface area contributed by atoms with Crippen LogP contribution in [0.5, 0.6) is 5.75 Å². The molecule has 1 fully saturated rings. The number of benzene rings is 1. The summed E-state index contributed by atoms with van der Waals surface area (Å²) in [7, 11) is 3.30. The van der Waals surface area contributed by atoms with E-state index in [-0.39, 0.29) is 5.60 Å². The Labute approximate surface area is 119 Å². The van der Waals surface area contributed by atoms with Gasteiger partial charge in [-0.2, -0.15) is 5.26 Å². The van der Waals surface area contributed by atoms with Crippen molar-refractivity contribution in [3.63, 3.8) is 0 Å². The number of methoxy groups -OCH3 is 2. The molecule has 1 N–H and O–H groups in total. The van der Waals surface area contributed by atoms with E-state index in [1.165, 1.54) is 0 Å². The van der Waals surface area contributed by atoms with Crippen LogP contribution in [0.1, 0.15) is 17.5 Å². The zero-order valence-corrected chi connectivity index (χ0v) is 11.9. The zero-order valence-electron chi connectivity index (χ0n) is 11.9. The fourth-order valence-electron chi connectivity index (χ4n) is 2.33. The zero-order chi connectivity index (χ0) is 14.4. The maximum Gasteiger partial charge on any atom is 0.136 e. The average molecular weight is 276 g/mol. The highest BCUT2D eigenvalue weighted by molar-refractivity contribution is 5.45. The summed E-state index contributed by atoms with van der Waals surface area (Å²) in [5.41, 5.74) is 1.41. The van der Waals surface area contributed by atoms with Crippen LogP contribution >= 0.6 is 0 Å². The van der Waals surface area contributed by atoms with E-state index in [9.17, 15) is 0 Å². The van der Waals surface area contributed by atoms with Crippen molar-refractivity contribution in [3.05, 3.63) is 29.3 Å². The van der Waals surface area contributed by atoms with Gasteiger partial charge in [0.15, 0.2) is 0 Å². The number of nitrogens with zero attached hydrogens (tertiary/aromatic N) is 1. The van der Waals surface area contributed by atoms with Crippen molar-refractivity contribution in [2.75, 3.05) is 34.0 Å². The first-order valence-electron chi connectivity index (χ1n) is 6.64. The van der Waals surface area contributed by atoms with Crippen molar-refractivity contribution in [2.45, 2.75) is 18.6 Å². The van der Waals surface area contributed by atoms with Crippen molar-refractivity contribution in [3.8, 4) is 11.8 Å². The molecule has 1 aromatic carbocycles. The summed E-state index contributed by atoms with van der Waals surface area (Å²) in [5.74, 6) is 0.609. The Kier molecular flexibility index (Phi) is 4.96. The van der Waals surface area contributed by atoms with E-state index in [1.54, 1.807) is 20.3 Å². The van der Waals surface area contributed by atoms with Gasteiger partial charge in [0, 0.05) is 33.2 Å². The van der Waals surface area contributed by atoms with Crippen molar-refractivity contribution in [1.82, 2.24) is 5.32 Å². The molecule has 20 heavy (non-hydrogen) atoms. The monoisotopic (exact) mass is 276 g/mol. The number of hydrogen-bond donors (Lipinski definition) is 1. The molecular weight excluding hydrogens is 256 g/mol. The molecule has 1 heterocycles. The van der Waals surface area contributed by atoms with Crippen LogP contribution in [-0.2, 0) is 16.0 Å². The first kappa shape index (κ1) is 14.8. The van der Waals surface area contributed by atoms with Gasteiger partial charge in [-0.1, -0.05) is 6.07 Å².